The van der Waals surface area contributed by atoms with Crippen molar-refractivity contribution in [3.8, 4) is 0 Å². The third-order valence-electron chi connectivity index (χ3n) is 4.34. The van der Waals surface area contributed by atoms with Crippen LogP contribution in [-0.2, 0) is 14.3 Å². The first kappa shape index (κ1) is 18.0. The Labute approximate surface area is 138 Å². The SMILES string of the molecule is CC(C)(C)OC(=O)NC[C@](C)(NC(=O)C[C@@H]1CCCO1)C1CC1. The molecule has 0 bridgehead atoms. The minimum Gasteiger partial charge on any atom is -0.444 e. The molecule has 2 N–H and O–H groups in total. The minimum atomic E-state index is -0.525. The molecule has 6 heteroatoms. The molecule has 0 spiro atoms. The third-order valence-corrected chi connectivity index (χ3v) is 4.34. The van der Waals surface area contributed by atoms with Gasteiger partial charge < -0.3 is 20.1 Å². The van der Waals surface area contributed by atoms with Crippen molar-refractivity contribution in [1.82, 2.24) is 10.6 Å². The first-order chi connectivity index (χ1) is 10.7. The Kier molecular flexibility index (Phi) is 5.55. The molecule has 1 aliphatic heterocycles. The highest BCUT2D eigenvalue weighted by Gasteiger charge is 2.43. The summed E-state index contributed by atoms with van der Waals surface area (Å²) in [6.45, 7) is 8.61. The van der Waals surface area contributed by atoms with Crippen LogP contribution in [0.4, 0.5) is 4.79 Å². The normalized spacial score (nSPS) is 23.9. The second-order valence-corrected chi connectivity index (χ2v) is 7.93. The molecule has 132 valence electrons. The molecule has 6 nitrogen and oxygen atoms in total. The van der Waals surface area contributed by atoms with E-state index in [9.17, 15) is 9.59 Å². The summed E-state index contributed by atoms with van der Waals surface area (Å²) in [4.78, 5) is 24.1. The summed E-state index contributed by atoms with van der Waals surface area (Å²) in [7, 11) is 0. The quantitative estimate of drug-likeness (QED) is 0.785. The van der Waals surface area contributed by atoms with Crippen molar-refractivity contribution in [2.24, 2.45) is 5.92 Å². The summed E-state index contributed by atoms with van der Waals surface area (Å²) >= 11 is 0. The van der Waals surface area contributed by atoms with Crippen LogP contribution in [0.15, 0.2) is 0 Å². The maximum atomic E-state index is 12.3. The van der Waals surface area contributed by atoms with Crippen LogP contribution in [-0.4, -0.2) is 42.4 Å². The molecule has 0 aromatic heterocycles. The van der Waals surface area contributed by atoms with E-state index in [0.717, 1.165) is 32.3 Å². The van der Waals surface area contributed by atoms with Crippen LogP contribution in [0.3, 0.4) is 0 Å². The van der Waals surface area contributed by atoms with Gasteiger partial charge in [0.1, 0.15) is 5.60 Å². The highest BCUT2D eigenvalue weighted by atomic mass is 16.6. The zero-order chi connectivity index (χ0) is 17.1. The summed E-state index contributed by atoms with van der Waals surface area (Å²) < 4.78 is 10.8. The van der Waals surface area contributed by atoms with E-state index < -0.39 is 17.2 Å². The molecule has 2 rings (SSSR count). The molecule has 2 amide bonds. The largest absolute Gasteiger partial charge is 0.444 e. The summed E-state index contributed by atoms with van der Waals surface area (Å²) in [5.41, 5.74) is -0.949. The summed E-state index contributed by atoms with van der Waals surface area (Å²) in [5.74, 6) is 0.406. The Bertz CT molecular complexity index is 436. The maximum Gasteiger partial charge on any atom is 0.407 e. The van der Waals surface area contributed by atoms with E-state index in [-0.39, 0.29) is 12.0 Å². The van der Waals surface area contributed by atoms with Crippen LogP contribution < -0.4 is 10.6 Å². The summed E-state index contributed by atoms with van der Waals surface area (Å²) in [6, 6.07) is 0. The van der Waals surface area contributed by atoms with Gasteiger partial charge in [-0.2, -0.15) is 0 Å². The smallest absolute Gasteiger partial charge is 0.407 e. The van der Waals surface area contributed by atoms with Crippen molar-refractivity contribution >= 4 is 12.0 Å². The molecule has 2 fully saturated rings. The maximum absolute atomic E-state index is 12.3. The van der Waals surface area contributed by atoms with E-state index in [4.69, 9.17) is 9.47 Å². The monoisotopic (exact) mass is 326 g/mol. The second-order valence-electron chi connectivity index (χ2n) is 7.93. The standard InChI is InChI=1S/C17H30N2O4/c1-16(2,3)23-15(21)18-11-17(4,12-7-8-12)19-14(20)10-13-6-5-9-22-13/h12-13H,5-11H2,1-4H3,(H,18,21)(H,19,20)/t13-,17-/m0/s1. The summed E-state index contributed by atoms with van der Waals surface area (Å²) in [5, 5.41) is 5.90. The van der Waals surface area contributed by atoms with Crippen molar-refractivity contribution < 1.29 is 19.1 Å². The Hall–Kier alpha value is -1.30. The van der Waals surface area contributed by atoms with E-state index in [2.05, 4.69) is 10.6 Å². The van der Waals surface area contributed by atoms with E-state index in [1.807, 2.05) is 27.7 Å². The number of carbonyl (C=O) groups excluding carboxylic acids is 2. The van der Waals surface area contributed by atoms with Crippen LogP contribution in [0.5, 0.6) is 0 Å². The Morgan fingerprint density at radius 1 is 1.17 bits per heavy atom. The zero-order valence-electron chi connectivity index (χ0n) is 14.7. The lowest BCUT2D eigenvalue weighted by Crippen LogP contribution is -2.56. The van der Waals surface area contributed by atoms with Gasteiger partial charge in [-0.25, -0.2) is 4.79 Å². The summed E-state index contributed by atoms with van der Waals surface area (Å²) in [6.07, 6.45) is 4.12. The number of hydrogen-bond donors (Lipinski definition) is 2. The molecule has 2 aliphatic rings. The fraction of sp³-hybridized carbons (Fsp3) is 0.882. The molecule has 23 heavy (non-hydrogen) atoms. The van der Waals surface area contributed by atoms with Crippen molar-refractivity contribution in [2.45, 2.75) is 77.0 Å². The van der Waals surface area contributed by atoms with Gasteiger partial charge in [0.25, 0.3) is 0 Å². The zero-order valence-corrected chi connectivity index (χ0v) is 14.7. The molecule has 1 saturated carbocycles. The van der Waals surface area contributed by atoms with Gasteiger partial charge in [-0.1, -0.05) is 0 Å². The van der Waals surface area contributed by atoms with E-state index in [1.165, 1.54) is 0 Å². The van der Waals surface area contributed by atoms with Gasteiger partial charge in [-0.05, 0) is 59.3 Å². The van der Waals surface area contributed by atoms with Gasteiger partial charge in [-0.3, -0.25) is 4.79 Å². The van der Waals surface area contributed by atoms with Crippen molar-refractivity contribution in [3.05, 3.63) is 0 Å². The highest BCUT2D eigenvalue weighted by Crippen LogP contribution is 2.39. The van der Waals surface area contributed by atoms with Crippen molar-refractivity contribution in [3.63, 3.8) is 0 Å². The number of rotatable bonds is 6. The average molecular weight is 326 g/mol. The number of alkyl carbamates (subject to hydrolysis) is 1. The fourth-order valence-electron chi connectivity index (χ4n) is 2.96. The Morgan fingerprint density at radius 2 is 1.87 bits per heavy atom. The third kappa shape index (κ3) is 6.01. The molecule has 1 saturated heterocycles. The minimum absolute atomic E-state index is 0.00251. The lowest BCUT2D eigenvalue weighted by atomic mass is 9.95. The molecule has 1 aliphatic carbocycles. The van der Waals surface area contributed by atoms with Crippen LogP contribution >= 0.6 is 0 Å². The average Bonchev–Trinajstić information content (AvgIpc) is 3.15. The van der Waals surface area contributed by atoms with Crippen LogP contribution in [0.25, 0.3) is 0 Å². The molecule has 2 atom stereocenters. The van der Waals surface area contributed by atoms with Gasteiger partial charge in [0, 0.05) is 13.2 Å². The van der Waals surface area contributed by atoms with Crippen LogP contribution in [0.2, 0.25) is 0 Å². The molecule has 1 heterocycles. The molecule has 0 radical (unpaired) electrons. The topological polar surface area (TPSA) is 76.7 Å². The lowest BCUT2D eigenvalue weighted by molar-refractivity contribution is -0.125. The number of nitrogens with one attached hydrogen (secondary N) is 2. The highest BCUT2D eigenvalue weighted by molar-refractivity contribution is 5.77. The first-order valence-electron chi connectivity index (χ1n) is 8.57. The molecule has 0 aromatic carbocycles. The van der Waals surface area contributed by atoms with Gasteiger partial charge in [0.05, 0.1) is 18.1 Å². The molecular formula is C17H30N2O4. The predicted molar refractivity (Wildman–Crippen MR) is 87.1 cm³/mol. The van der Waals surface area contributed by atoms with Gasteiger partial charge in [-0.15, -0.1) is 0 Å². The number of ether oxygens (including phenoxy) is 2. The van der Waals surface area contributed by atoms with E-state index in [0.29, 0.717) is 18.9 Å². The first-order valence-corrected chi connectivity index (χ1v) is 8.57. The van der Waals surface area contributed by atoms with Gasteiger partial charge in [0.2, 0.25) is 5.91 Å². The predicted octanol–water partition coefficient (Wildman–Crippen LogP) is 2.37. The van der Waals surface area contributed by atoms with Gasteiger partial charge in [0.15, 0.2) is 0 Å². The Balaban J connectivity index is 1.83. The number of carbonyl (C=O) groups is 2. The van der Waals surface area contributed by atoms with Crippen molar-refractivity contribution in [1.29, 1.82) is 0 Å². The van der Waals surface area contributed by atoms with Crippen molar-refractivity contribution in [2.75, 3.05) is 13.2 Å². The van der Waals surface area contributed by atoms with E-state index in [1.54, 1.807) is 0 Å². The molecular weight excluding hydrogens is 296 g/mol. The van der Waals surface area contributed by atoms with Crippen LogP contribution in [0, 0.1) is 5.92 Å². The lowest BCUT2D eigenvalue weighted by Gasteiger charge is -2.32. The van der Waals surface area contributed by atoms with E-state index >= 15 is 0 Å². The fourth-order valence-corrected chi connectivity index (χ4v) is 2.96. The molecule has 0 aromatic rings. The van der Waals surface area contributed by atoms with Gasteiger partial charge >= 0.3 is 6.09 Å². The molecule has 0 unspecified atom stereocenters. The Morgan fingerprint density at radius 3 is 2.39 bits per heavy atom. The number of hydrogen-bond acceptors (Lipinski definition) is 4. The second kappa shape index (κ2) is 7.07. The van der Waals surface area contributed by atoms with Crippen LogP contribution in [0.1, 0.15) is 59.8 Å². The number of amides is 2.